The third-order valence-electron chi connectivity index (χ3n) is 4.30. The van der Waals surface area contributed by atoms with Crippen molar-refractivity contribution in [2.75, 3.05) is 0 Å². The predicted molar refractivity (Wildman–Crippen MR) is 100 cm³/mol. The summed E-state index contributed by atoms with van der Waals surface area (Å²) < 4.78 is 2.07. The number of pyridine rings is 1. The van der Waals surface area contributed by atoms with Gasteiger partial charge in [0.2, 0.25) is 0 Å². The molecule has 0 atom stereocenters. The highest BCUT2D eigenvalue weighted by Gasteiger charge is 2.08. The minimum absolute atomic E-state index is 0.274. The van der Waals surface area contributed by atoms with E-state index in [0.29, 0.717) is 24.2 Å². The molecule has 0 saturated carbocycles. The minimum atomic E-state index is -0.933. The van der Waals surface area contributed by atoms with Crippen LogP contribution in [0.4, 0.5) is 0 Å². The molecule has 0 aliphatic carbocycles. The van der Waals surface area contributed by atoms with Gasteiger partial charge in [-0.3, -0.25) is 4.98 Å². The van der Waals surface area contributed by atoms with Gasteiger partial charge in [-0.25, -0.2) is 9.78 Å². The summed E-state index contributed by atoms with van der Waals surface area (Å²) in [5, 5.41) is 18.2. The number of nitriles is 1. The van der Waals surface area contributed by atoms with E-state index in [9.17, 15) is 4.79 Å². The molecule has 0 unspecified atom stereocenters. The van der Waals surface area contributed by atoms with E-state index in [0.717, 1.165) is 29.9 Å². The van der Waals surface area contributed by atoms with Gasteiger partial charge in [-0.15, -0.1) is 0 Å². The Bertz CT molecular complexity index is 1000. The first-order valence-corrected chi connectivity index (χ1v) is 8.75. The molecule has 0 fully saturated rings. The number of aromatic carboxylic acids is 1. The molecule has 3 rings (SSSR count). The molecule has 1 N–H and O–H groups in total. The summed E-state index contributed by atoms with van der Waals surface area (Å²) >= 11 is 0. The second-order valence-corrected chi connectivity index (χ2v) is 6.43. The third kappa shape index (κ3) is 4.79. The summed E-state index contributed by atoms with van der Waals surface area (Å²) in [6, 6.07) is 12.9. The van der Waals surface area contributed by atoms with Gasteiger partial charge >= 0.3 is 5.97 Å². The molecule has 3 aromatic rings. The van der Waals surface area contributed by atoms with Gasteiger partial charge in [-0.05, 0) is 49.6 Å². The molecule has 0 saturated heterocycles. The number of carbonyl (C=O) groups is 1. The Kier molecular flexibility index (Phi) is 5.62. The Balaban J connectivity index is 1.64. The topological polar surface area (TPSA) is 91.8 Å². The van der Waals surface area contributed by atoms with Crippen LogP contribution >= 0.6 is 0 Å². The summed E-state index contributed by atoms with van der Waals surface area (Å²) in [5.74, 6) is 0.0281. The minimum Gasteiger partial charge on any atom is -0.478 e. The monoisotopic (exact) mass is 360 g/mol. The lowest BCUT2D eigenvalue weighted by Crippen LogP contribution is -2.06. The second-order valence-electron chi connectivity index (χ2n) is 6.43. The fourth-order valence-corrected chi connectivity index (χ4v) is 3.06. The van der Waals surface area contributed by atoms with Crippen LogP contribution in [0.2, 0.25) is 0 Å². The van der Waals surface area contributed by atoms with Crippen molar-refractivity contribution in [3.63, 3.8) is 0 Å². The number of aryl methyl sites for hydroxylation is 3. The molecule has 2 aromatic heterocycles. The second kappa shape index (κ2) is 8.28. The van der Waals surface area contributed by atoms with E-state index >= 15 is 0 Å². The number of carboxylic acid groups (broad SMARTS) is 1. The zero-order valence-corrected chi connectivity index (χ0v) is 15.1. The van der Waals surface area contributed by atoms with Gasteiger partial charge in [0.15, 0.2) is 0 Å². The van der Waals surface area contributed by atoms with Crippen molar-refractivity contribution < 1.29 is 9.90 Å². The molecule has 27 heavy (non-hydrogen) atoms. The van der Waals surface area contributed by atoms with Crippen molar-refractivity contribution >= 4 is 5.97 Å². The van der Waals surface area contributed by atoms with Crippen LogP contribution < -0.4 is 0 Å². The van der Waals surface area contributed by atoms with Crippen LogP contribution in [0.25, 0.3) is 0 Å². The van der Waals surface area contributed by atoms with Gasteiger partial charge in [0.05, 0.1) is 17.2 Å². The summed E-state index contributed by atoms with van der Waals surface area (Å²) in [5.41, 5.74) is 3.47. The lowest BCUT2D eigenvalue weighted by molar-refractivity contribution is 0.0696. The Morgan fingerprint density at radius 1 is 1.26 bits per heavy atom. The molecule has 0 amide bonds. The highest BCUT2D eigenvalue weighted by atomic mass is 16.4. The molecular formula is C21H20N4O2. The molecule has 0 aliphatic heterocycles. The lowest BCUT2D eigenvalue weighted by atomic mass is 10.1. The number of benzene rings is 1. The molecule has 6 nitrogen and oxygen atoms in total. The maximum absolute atomic E-state index is 11.2. The molecule has 0 bridgehead atoms. The average molecular weight is 360 g/mol. The number of hydrogen-bond acceptors (Lipinski definition) is 4. The molecule has 6 heteroatoms. The summed E-state index contributed by atoms with van der Waals surface area (Å²) in [6.45, 7) is 2.47. The Hall–Kier alpha value is -3.46. The van der Waals surface area contributed by atoms with E-state index in [1.54, 1.807) is 31.3 Å². The van der Waals surface area contributed by atoms with Crippen molar-refractivity contribution in [1.82, 2.24) is 14.5 Å². The highest BCUT2D eigenvalue weighted by molar-refractivity contribution is 5.87. The first-order valence-electron chi connectivity index (χ1n) is 8.75. The Morgan fingerprint density at radius 2 is 2.11 bits per heavy atom. The van der Waals surface area contributed by atoms with Gasteiger partial charge in [-0.1, -0.05) is 12.1 Å². The average Bonchev–Trinajstić information content (AvgIpc) is 3.08. The van der Waals surface area contributed by atoms with E-state index in [2.05, 4.69) is 20.6 Å². The molecule has 136 valence electrons. The molecule has 0 spiro atoms. The van der Waals surface area contributed by atoms with Crippen LogP contribution in [0.15, 0.2) is 48.8 Å². The van der Waals surface area contributed by atoms with Crippen LogP contribution in [-0.4, -0.2) is 25.6 Å². The zero-order chi connectivity index (χ0) is 19.2. The summed E-state index contributed by atoms with van der Waals surface area (Å²) in [6.07, 6.45) is 5.99. The van der Waals surface area contributed by atoms with Gasteiger partial charge in [0.25, 0.3) is 0 Å². The largest absolute Gasteiger partial charge is 0.478 e. The summed E-state index contributed by atoms with van der Waals surface area (Å²) in [4.78, 5) is 20.0. The number of hydrogen-bond donors (Lipinski definition) is 1. The van der Waals surface area contributed by atoms with Crippen LogP contribution in [0.5, 0.6) is 0 Å². The highest BCUT2D eigenvalue weighted by Crippen LogP contribution is 2.12. The van der Waals surface area contributed by atoms with Gasteiger partial charge in [0.1, 0.15) is 5.82 Å². The zero-order valence-electron chi connectivity index (χ0n) is 15.1. The maximum Gasteiger partial charge on any atom is 0.335 e. The van der Waals surface area contributed by atoms with Gasteiger partial charge < -0.3 is 9.67 Å². The third-order valence-corrected chi connectivity index (χ3v) is 4.30. The number of aromatic nitrogens is 3. The molecular weight excluding hydrogens is 340 g/mol. The number of carboxylic acids is 1. The van der Waals surface area contributed by atoms with Gasteiger partial charge in [-0.2, -0.15) is 5.26 Å². The van der Waals surface area contributed by atoms with Crippen LogP contribution in [0, 0.1) is 18.3 Å². The van der Waals surface area contributed by atoms with Crippen molar-refractivity contribution in [1.29, 1.82) is 5.26 Å². The van der Waals surface area contributed by atoms with Crippen molar-refractivity contribution in [2.24, 2.45) is 0 Å². The molecule has 1 aromatic carbocycles. The fraction of sp³-hybridized carbons (Fsp3) is 0.238. The van der Waals surface area contributed by atoms with Crippen molar-refractivity contribution in [2.45, 2.75) is 32.7 Å². The smallest absolute Gasteiger partial charge is 0.335 e. The van der Waals surface area contributed by atoms with E-state index in [1.165, 1.54) is 0 Å². The lowest BCUT2D eigenvalue weighted by Gasteiger charge is -2.09. The summed E-state index contributed by atoms with van der Waals surface area (Å²) in [7, 11) is 0. The van der Waals surface area contributed by atoms with Crippen LogP contribution in [-0.2, 0) is 19.4 Å². The SMILES string of the molecule is Cc1cc(C(=O)O)cc(CCCc2nccn2Cc2cccc(C#N)c2)n1. The van der Waals surface area contributed by atoms with Gasteiger partial charge in [0, 0.05) is 36.7 Å². The quantitative estimate of drug-likeness (QED) is 0.697. The molecule has 0 radical (unpaired) electrons. The number of nitrogens with zero attached hydrogens (tertiary/aromatic N) is 4. The van der Waals surface area contributed by atoms with Crippen molar-refractivity contribution in [3.05, 3.63) is 82.7 Å². The van der Waals surface area contributed by atoms with E-state index < -0.39 is 5.97 Å². The fourth-order valence-electron chi connectivity index (χ4n) is 3.06. The number of imidazole rings is 1. The maximum atomic E-state index is 11.2. The predicted octanol–water partition coefficient (Wildman–Crippen LogP) is 3.38. The Morgan fingerprint density at radius 3 is 2.89 bits per heavy atom. The normalized spacial score (nSPS) is 10.5. The number of rotatable bonds is 7. The first-order chi connectivity index (χ1) is 13.0. The standard InChI is InChI=1S/C21H20N4O2/c1-15-10-18(21(26)27)12-19(24-15)6-3-7-20-23-8-9-25(20)14-17-5-2-4-16(11-17)13-22/h2,4-5,8-12H,3,6-7,14H2,1H3,(H,26,27). The van der Waals surface area contributed by atoms with Crippen LogP contribution in [0.1, 0.15) is 45.1 Å². The van der Waals surface area contributed by atoms with Crippen LogP contribution in [0.3, 0.4) is 0 Å². The van der Waals surface area contributed by atoms with Crippen molar-refractivity contribution in [3.8, 4) is 6.07 Å². The van der Waals surface area contributed by atoms with E-state index in [-0.39, 0.29) is 5.56 Å². The molecule has 2 heterocycles. The molecule has 0 aliphatic rings. The first kappa shape index (κ1) is 18.3. The van der Waals surface area contributed by atoms with E-state index in [4.69, 9.17) is 10.4 Å². The Labute approximate surface area is 157 Å². The van der Waals surface area contributed by atoms with E-state index in [1.807, 2.05) is 24.4 Å².